The SMILES string of the molecule is CC(=O)Nc1cccc(NC(=O)CNCc2cccnc2)c1. The van der Waals surface area contributed by atoms with Gasteiger partial charge < -0.3 is 16.0 Å². The van der Waals surface area contributed by atoms with E-state index in [1.54, 1.807) is 36.7 Å². The summed E-state index contributed by atoms with van der Waals surface area (Å²) in [6.07, 6.45) is 3.46. The van der Waals surface area contributed by atoms with E-state index in [4.69, 9.17) is 0 Å². The quantitative estimate of drug-likeness (QED) is 0.759. The molecular weight excluding hydrogens is 280 g/mol. The molecule has 2 rings (SSSR count). The van der Waals surface area contributed by atoms with Gasteiger partial charge in [0.05, 0.1) is 6.54 Å². The third-order valence-corrected chi connectivity index (χ3v) is 2.80. The molecule has 3 N–H and O–H groups in total. The van der Waals surface area contributed by atoms with E-state index in [2.05, 4.69) is 20.9 Å². The third-order valence-electron chi connectivity index (χ3n) is 2.80. The van der Waals surface area contributed by atoms with Gasteiger partial charge in [-0.3, -0.25) is 14.6 Å². The van der Waals surface area contributed by atoms with Gasteiger partial charge in [0, 0.05) is 37.2 Å². The number of aromatic nitrogens is 1. The predicted molar refractivity (Wildman–Crippen MR) is 85.3 cm³/mol. The number of carbonyl (C=O) groups excluding carboxylic acids is 2. The maximum atomic E-state index is 11.9. The first kappa shape index (κ1) is 15.7. The van der Waals surface area contributed by atoms with Crippen LogP contribution in [0.1, 0.15) is 12.5 Å². The van der Waals surface area contributed by atoms with Gasteiger partial charge in [0.15, 0.2) is 0 Å². The Bertz CT molecular complexity index is 644. The minimum absolute atomic E-state index is 0.149. The zero-order valence-corrected chi connectivity index (χ0v) is 12.3. The molecule has 6 heteroatoms. The van der Waals surface area contributed by atoms with Crippen LogP contribution in [0.4, 0.5) is 11.4 Å². The number of amides is 2. The molecule has 2 amide bonds. The molecule has 1 heterocycles. The Balaban J connectivity index is 1.80. The maximum absolute atomic E-state index is 11.9. The molecule has 114 valence electrons. The highest BCUT2D eigenvalue weighted by Gasteiger charge is 2.03. The fourth-order valence-corrected chi connectivity index (χ4v) is 1.91. The fraction of sp³-hybridized carbons (Fsp3) is 0.188. The molecule has 0 unspecified atom stereocenters. The number of rotatable bonds is 6. The van der Waals surface area contributed by atoms with Crippen LogP contribution in [0.3, 0.4) is 0 Å². The predicted octanol–water partition coefficient (Wildman–Crippen LogP) is 1.77. The van der Waals surface area contributed by atoms with E-state index in [9.17, 15) is 9.59 Å². The molecule has 0 aliphatic carbocycles. The van der Waals surface area contributed by atoms with Crippen molar-refractivity contribution in [1.82, 2.24) is 10.3 Å². The number of nitrogens with one attached hydrogen (secondary N) is 3. The number of hydrogen-bond acceptors (Lipinski definition) is 4. The van der Waals surface area contributed by atoms with Crippen LogP contribution in [-0.4, -0.2) is 23.3 Å². The molecule has 6 nitrogen and oxygen atoms in total. The van der Waals surface area contributed by atoms with Gasteiger partial charge in [-0.25, -0.2) is 0 Å². The number of benzene rings is 1. The summed E-state index contributed by atoms with van der Waals surface area (Å²) in [5, 5.41) is 8.49. The summed E-state index contributed by atoms with van der Waals surface area (Å²) >= 11 is 0. The van der Waals surface area contributed by atoms with Crippen LogP contribution in [-0.2, 0) is 16.1 Å². The average molecular weight is 298 g/mol. The van der Waals surface area contributed by atoms with E-state index < -0.39 is 0 Å². The topological polar surface area (TPSA) is 83.1 Å². The van der Waals surface area contributed by atoms with Crippen molar-refractivity contribution in [2.24, 2.45) is 0 Å². The maximum Gasteiger partial charge on any atom is 0.238 e. The molecule has 0 saturated heterocycles. The van der Waals surface area contributed by atoms with Gasteiger partial charge in [-0.05, 0) is 29.8 Å². The van der Waals surface area contributed by atoms with E-state index in [1.165, 1.54) is 6.92 Å². The molecule has 0 aliphatic heterocycles. The van der Waals surface area contributed by atoms with Crippen molar-refractivity contribution in [1.29, 1.82) is 0 Å². The van der Waals surface area contributed by atoms with Gasteiger partial charge in [-0.15, -0.1) is 0 Å². The lowest BCUT2D eigenvalue weighted by molar-refractivity contribution is -0.115. The molecule has 1 aromatic heterocycles. The van der Waals surface area contributed by atoms with Gasteiger partial charge in [0.2, 0.25) is 11.8 Å². The second-order valence-electron chi connectivity index (χ2n) is 4.77. The summed E-state index contributed by atoms with van der Waals surface area (Å²) in [5.41, 5.74) is 2.30. The molecule has 1 aromatic carbocycles. The average Bonchev–Trinajstić information content (AvgIpc) is 2.48. The first-order valence-corrected chi connectivity index (χ1v) is 6.90. The summed E-state index contributed by atoms with van der Waals surface area (Å²) in [6.45, 7) is 2.21. The fourth-order valence-electron chi connectivity index (χ4n) is 1.91. The van der Waals surface area contributed by atoms with Crippen LogP contribution in [0.15, 0.2) is 48.8 Å². The molecule has 0 saturated carbocycles. The Kier molecular flexibility index (Phi) is 5.62. The molecular formula is C16H18N4O2. The summed E-state index contributed by atoms with van der Waals surface area (Å²) in [4.78, 5) is 26.9. The molecule has 0 spiro atoms. The Morgan fingerprint density at radius 2 is 1.86 bits per heavy atom. The monoisotopic (exact) mass is 298 g/mol. The molecule has 22 heavy (non-hydrogen) atoms. The number of carbonyl (C=O) groups is 2. The van der Waals surface area contributed by atoms with Crippen LogP contribution < -0.4 is 16.0 Å². The summed E-state index contributed by atoms with van der Waals surface area (Å²) in [5.74, 6) is -0.300. The van der Waals surface area contributed by atoms with E-state index in [0.717, 1.165) is 5.56 Å². The van der Waals surface area contributed by atoms with Gasteiger partial charge in [0.25, 0.3) is 0 Å². The van der Waals surface area contributed by atoms with Crippen molar-refractivity contribution in [3.05, 3.63) is 54.4 Å². The van der Waals surface area contributed by atoms with Crippen LogP contribution in [0.2, 0.25) is 0 Å². The van der Waals surface area contributed by atoms with Gasteiger partial charge in [0.1, 0.15) is 0 Å². The van der Waals surface area contributed by atoms with Crippen LogP contribution >= 0.6 is 0 Å². The van der Waals surface area contributed by atoms with Crippen molar-refractivity contribution < 1.29 is 9.59 Å². The normalized spacial score (nSPS) is 10.0. The number of hydrogen-bond donors (Lipinski definition) is 3. The number of pyridine rings is 1. The van der Waals surface area contributed by atoms with Gasteiger partial charge in [-0.1, -0.05) is 12.1 Å². The smallest absolute Gasteiger partial charge is 0.238 e. The second kappa shape index (κ2) is 7.90. The Hall–Kier alpha value is -2.73. The standard InChI is InChI=1S/C16H18N4O2/c1-12(21)19-14-5-2-6-15(8-14)20-16(22)11-18-10-13-4-3-7-17-9-13/h2-9,18H,10-11H2,1H3,(H,19,21)(H,20,22). The number of anilines is 2. The highest BCUT2D eigenvalue weighted by atomic mass is 16.2. The third kappa shape index (κ3) is 5.34. The van der Waals surface area contributed by atoms with E-state index in [0.29, 0.717) is 17.9 Å². The highest BCUT2D eigenvalue weighted by Crippen LogP contribution is 2.14. The molecule has 0 aliphatic rings. The number of nitrogens with zero attached hydrogens (tertiary/aromatic N) is 1. The van der Waals surface area contributed by atoms with Crippen LogP contribution in [0.5, 0.6) is 0 Å². The largest absolute Gasteiger partial charge is 0.326 e. The van der Waals surface area contributed by atoms with Gasteiger partial charge >= 0.3 is 0 Å². The molecule has 0 radical (unpaired) electrons. The van der Waals surface area contributed by atoms with Crippen molar-refractivity contribution in [3.63, 3.8) is 0 Å². The lowest BCUT2D eigenvalue weighted by atomic mass is 10.2. The van der Waals surface area contributed by atoms with Crippen molar-refractivity contribution >= 4 is 23.2 Å². The Morgan fingerprint density at radius 3 is 2.55 bits per heavy atom. The zero-order valence-electron chi connectivity index (χ0n) is 12.3. The zero-order chi connectivity index (χ0) is 15.8. The molecule has 0 atom stereocenters. The summed E-state index contributed by atoms with van der Waals surface area (Å²) in [7, 11) is 0. The van der Waals surface area contributed by atoms with Crippen LogP contribution in [0.25, 0.3) is 0 Å². The Labute approximate surface area is 129 Å². The summed E-state index contributed by atoms with van der Waals surface area (Å²) in [6, 6.07) is 10.8. The van der Waals surface area contributed by atoms with Crippen LogP contribution in [0, 0.1) is 0 Å². The highest BCUT2D eigenvalue weighted by molar-refractivity contribution is 5.94. The second-order valence-corrected chi connectivity index (χ2v) is 4.77. The van der Waals surface area contributed by atoms with Crippen molar-refractivity contribution in [2.45, 2.75) is 13.5 Å². The minimum Gasteiger partial charge on any atom is -0.326 e. The lowest BCUT2D eigenvalue weighted by Gasteiger charge is -2.08. The van der Waals surface area contributed by atoms with E-state index >= 15 is 0 Å². The summed E-state index contributed by atoms with van der Waals surface area (Å²) < 4.78 is 0. The van der Waals surface area contributed by atoms with Crippen molar-refractivity contribution in [3.8, 4) is 0 Å². The van der Waals surface area contributed by atoms with Crippen molar-refractivity contribution in [2.75, 3.05) is 17.2 Å². The van der Waals surface area contributed by atoms with Gasteiger partial charge in [-0.2, -0.15) is 0 Å². The Morgan fingerprint density at radius 1 is 1.09 bits per heavy atom. The molecule has 0 bridgehead atoms. The first-order chi connectivity index (χ1) is 10.6. The minimum atomic E-state index is -0.151. The first-order valence-electron chi connectivity index (χ1n) is 6.90. The van der Waals surface area contributed by atoms with E-state index in [1.807, 2.05) is 12.1 Å². The van der Waals surface area contributed by atoms with E-state index in [-0.39, 0.29) is 18.4 Å². The lowest BCUT2D eigenvalue weighted by Crippen LogP contribution is -2.27. The molecule has 0 fully saturated rings. The molecule has 2 aromatic rings.